The molecule has 7 rings (SSSR count). The number of fused-ring (bicyclic) bond motifs is 1. The van der Waals surface area contributed by atoms with Crippen LogP contribution in [-0.2, 0) is 22.4 Å². The Morgan fingerprint density at radius 3 is 2.49 bits per heavy atom. The average Bonchev–Trinajstić information content (AvgIpc) is 3.71. The Balaban J connectivity index is 1.15. The molecule has 2 saturated carbocycles. The molecule has 11 nitrogen and oxygen atoms in total. The summed E-state index contributed by atoms with van der Waals surface area (Å²) in [5, 5.41) is 24.7. The maximum Gasteiger partial charge on any atom is 0.280 e. The Morgan fingerprint density at radius 2 is 1.82 bits per heavy atom. The number of amidine groups is 1. The number of nitrogens with one attached hydrogen (secondary N) is 1. The van der Waals surface area contributed by atoms with Crippen LogP contribution < -0.4 is 11.0 Å². The molecule has 0 saturated heterocycles. The highest BCUT2D eigenvalue weighted by Gasteiger charge is 2.36. The third kappa shape index (κ3) is 5.93. The number of hydrogen-bond acceptors (Lipinski definition) is 9. The Labute approximate surface area is 261 Å². The van der Waals surface area contributed by atoms with E-state index in [0.29, 0.717) is 24.6 Å². The first-order valence-electron chi connectivity index (χ1n) is 16.1. The molecule has 1 aliphatic heterocycles. The topological polar surface area (TPSA) is 136 Å². The molecule has 0 bridgehead atoms. The van der Waals surface area contributed by atoms with E-state index < -0.39 is 12.0 Å². The van der Waals surface area contributed by atoms with E-state index in [1.54, 1.807) is 6.33 Å². The fourth-order valence-corrected chi connectivity index (χ4v) is 6.89. The molecule has 45 heavy (non-hydrogen) atoms. The maximum absolute atomic E-state index is 14.3. The molecule has 2 aromatic heterocycles. The molecular formula is C34H40N6O5. The normalized spacial score (nSPS) is 22.6. The van der Waals surface area contributed by atoms with E-state index in [9.17, 15) is 15.0 Å². The van der Waals surface area contributed by atoms with Crippen molar-refractivity contribution in [1.29, 1.82) is 0 Å². The molecule has 4 aromatic rings. The van der Waals surface area contributed by atoms with Gasteiger partial charge in [0.1, 0.15) is 6.33 Å². The number of aryl methyl sites for hydroxylation is 1. The molecule has 2 aromatic carbocycles. The molecule has 11 heteroatoms. The van der Waals surface area contributed by atoms with Gasteiger partial charge in [0, 0.05) is 23.6 Å². The SMILES string of the molecule is CCCc1c(Cc2ccc(-c3ccccc3C3=NC(O)ON3)cc2)c(=O)n(C2CCC(OCC3(O)CCC3)CC2)c2ncnn12. The van der Waals surface area contributed by atoms with Gasteiger partial charge >= 0.3 is 0 Å². The van der Waals surface area contributed by atoms with E-state index in [2.05, 4.69) is 39.6 Å². The molecule has 2 fully saturated rings. The van der Waals surface area contributed by atoms with E-state index in [4.69, 9.17) is 9.57 Å². The highest BCUT2D eigenvalue weighted by Crippen LogP contribution is 2.35. The summed E-state index contributed by atoms with van der Waals surface area (Å²) in [6.07, 6.45) is 8.52. The van der Waals surface area contributed by atoms with Crippen LogP contribution in [0.15, 0.2) is 64.6 Å². The molecule has 0 spiro atoms. The van der Waals surface area contributed by atoms with E-state index in [1.807, 2.05) is 45.5 Å². The lowest BCUT2D eigenvalue weighted by Crippen LogP contribution is -2.43. The van der Waals surface area contributed by atoms with Crippen LogP contribution in [0.3, 0.4) is 0 Å². The molecule has 0 amide bonds. The number of aromatic nitrogens is 4. The number of rotatable bonds is 10. The standard InChI is InChI=1S/C34H40N6O5/c1-2-6-29-28(19-22-9-11-23(12-10-22)26-7-3-4-8-27(26)30-37-33(42)45-38-30)31(41)39(32-35-21-36-40(29)32)24-13-15-25(16-14-24)44-20-34(43)17-5-18-34/h3-4,7-12,21,24-25,33,42-43H,2,5-6,13-20H2,1H3,(H,37,38). The fraction of sp³-hybridized carbons (Fsp3) is 0.471. The largest absolute Gasteiger partial charge is 0.387 e. The van der Waals surface area contributed by atoms with Crippen molar-refractivity contribution >= 4 is 11.6 Å². The number of aliphatic imine (C=N–C) groups is 1. The molecule has 1 atom stereocenters. The predicted molar refractivity (Wildman–Crippen MR) is 169 cm³/mol. The summed E-state index contributed by atoms with van der Waals surface area (Å²) in [5.41, 5.74) is 7.51. The molecule has 0 radical (unpaired) electrons. The second-order valence-electron chi connectivity index (χ2n) is 12.6. The number of hydroxylamine groups is 1. The smallest absolute Gasteiger partial charge is 0.280 e. The summed E-state index contributed by atoms with van der Waals surface area (Å²) < 4.78 is 9.85. The third-order valence-corrected chi connectivity index (χ3v) is 9.52. The van der Waals surface area contributed by atoms with E-state index >= 15 is 0 Å². The van der Waals surface area contributed by atoms with Crippen molar-refractivity contribution in [2.45, 2.75) is 95.3 Å². The minimum Gasteiger partial charge on any atom is -0.387 e. The minimum atomic E-state index is -1.23. The van der Waals surface area contributed by atoms with Crippen LogP contribution in [-0.4, -0.2) is 59.9 Å². The summed E-state index contributed by atoms with van der Waals surface area (Å²) in [6, 6.07) is 16.0. The van der Waals surface area contributed by atoms with Crippen LogP contribution >= 0.6 is 0 Å². The van der Waals surface area contributed by atoms with Crippen LogP contribution in [0, 0.1) is 0 Å². The van der Waals surface area contributed by atoms with Crippen molar-refractivity contribution < 1.29 is 19.8 Å². The van der Waals surface area contributed by atoms with Crippen LogP contribution in [0.2, 0.25) is 0 Å². The van der Waals surface area contributed by atoms with Crippen molar-refractivity contribution in [2.75, 3.05) is 6.61 Å². The predicted octanol–water partition coefficient (Wildman–Crippen LogP) is 4.07. The first-order valence-corrected chi connectivity index (χ1v) is 16.1. The summed E-state index contributed by atoms with van der Waals surface area (Å²) >= 11 is 0. The lowest BCUT2D eigenvalue weighted by atomic mass is 9.81. The summed E-state index contributed by atoms with van der Waals surface area (Å²) in [4.78, 5) is 28.0. The number of aliphatic hydroxyl groups is 2. The molecule has 236 valence electrons. The Bertz CT molecular complexity index is 1750. The maximum atomic E-state index is 14.3. The van der Waals surface area contributed by atoms with Gasteiger partial charge in [0.15, 0.2) is 5.84 Å². The van der Waals surface area contributed by atoms with Crippen molar-refractivity contribution in [1.82, 2.24) is 24.6 Å². The zero-order valence-electron chi connectivity index (χ0n) is 25.6. The van der Waals surface area contributed by atoms with Gasteiger partial charge in [0.2, 0.25) is 5.78 Å². The van der Waals surface area contributed by atoms with E-state index in [-0.39, 0.29) is 17.7 Å². The summed E-state index contributed by atoms with van der Waals surface area (Å²) in [7, 11) is 0. The van der Waals surface area contributed by atoms with Crippen molar-refractivity contribution in [2.24, 2.45) is 4.99 Å². The second kappa shape index (κ2) is 12.5. The Hall–Kier alpha value is -3.90. The van der Waals surface area contributed by atoms with Crippen molar-refractivity contribution in [3.8, 4) is 11.1 Å². The van der Waals surface area contributed by atoms with Gasteiger partial charge in [-0.1, -0.05) is 61.9 Å². The number of benzene rings is 2. The summed E-state index contributed by atoms with van der Waals surface area (Å²) in [5.74, 6) is 1.08. The number of nitrogens with zero attached hydrogens (tertiary/aromatic N) is 5. The zero-order valence-corrected chi connectivity index (χ0v) is 25.6. The lowest BCUT2D eigenvalue weighted by Gasteiger charge is -2.38. The third-order valence-electron chi connectivity index (χ3n) is 9.52. The second-order valence-corrected chi connectivity index (χ2v) is 12.6. The molecule has 3 heterocycles. The Morgan fingerprint density at radius 1 is 1.07 bits per heavy atom. The quantitative estimate of drug-likeness (QED) is 0.244. The molecule has 3 N–H and O–H groups in total. The van der Waals surface area contributed by atoms with Crippen LogP contribution in [0.1, 0.15) is 86.7 Å². The van der Waals surface area contributed by atoms with Crippen molar-refractivity contribution in [3.05, 3.63) is 87.6 Å². The van der Waals surface area contributed by atoms with Crippen LogP contribution in [0.5, 0.6) is 0 Å². The molecule has 3 aliphatic rings. The van der Waals surface area contributed by atoms with Gasteiger partial charge in [0.05, 0.1) is 24.0 Å². The van der Waals surface area contributed by atoms with Gasteiger partial charge in [0.25, 0.3) is 12.0 Å². The highest BCUT2D eigenvalue weighted by atomic mass is 16.7. The van der Waals surface area contributed by atoms with Gasteiger partial charge in [-0.05, 0) is 68.1 Å². The number of aliphatic hydroxyl groups excluding tert-OH is 1. The van der Waals surface area contributed by atoms with E-state index in [1.165, 1.54) is 0 Å². The zero-order chi connectivity index (χ0) is 31.0. The first-order chi connectivity index (χ1) is 21.9. The van der Waals surface area contributed by atoms with Gasteiger partial charge in [-0.3, -0.25) is 9.36 Å². The average molecular weight is 613 g/mol. The number of ether oxygens (including phenoxy) is 1. The molecule has 2 aliphatic carbocycles. The number of hydrogen-bond donors (Lipinski definition) is 3. The van der Waals surface area contributed by atoms with Crippen LogP contribution in [0.25, 0.3) is 16.9 Å². The first kappa shape index (κ1) is 29.8. The highest BCUT2D eigenvalue weighted by molar-refractivity contribution is 6.04. The van der Waals surface area contributed by atoms with Gasteiger partial charge in [-0.15, -0.1) is 0 Å². The van der Waals surface area contributed by atoms with Gasteiger partial charge < -0.3 is 14.9 Å². The fourth-order valence-electron chi connectivity index (χ4n) is 6.89. The van der Waals surface area contributed by atoms with Crippen molar-refractivity contribution in [3.63, 3.8) is 0 Å². The molecular weight excluding hydrogens is 572 g/mol. The monoisotopic (exact) mass is 612 g/mol. The van der Waals surface area contributed by atoms with E-state index in [0.717, 1.165) is 91.3 Å². The lowest BCUT2D eigenvalue weighted by molar-refractivity contribution is -0.120. The minimum absolute atomic E-state index is 0.00500. The molecule has 1 unspecified atom stereocenters. The van der Waals surface area contributed by atoms with Gasteiger partial charge in [-0.25, -0.2) is 19.8 Å². The summed E-state index contributed by atoms with van der Waals surface area (Å²) in [6.45, 7) is 2.51. The van der Waals surface area contributed by atoms with Crippen LogP contribution in [0.4, 0.5) is 0 Å². The Kier molecular flexibility index (Phi) is 8.26. The van der Waals surface area contributed by atoms with Gasteiger partial charge in [-0.2, -0.15) is 10.1 Å².